The fourth-order valence-corrected chi connectivity index (χ4v) is 5.01. The Morgan fingerprint density at radius 2 is 2.00 bits per heavy atom. The molecule has 1 heterocycles. The number of likely N-dealkylation sites (tertiary alicyclic amines) is 1. The normalized spacial score (nSPS) is 27.2. The van der Waals surface area contributed by atoms with Gasteiger partial charge in [-0.15, -0.1) is 0 Å². The zero-order valence-electron chi connectivity index (χ0n) is 16.5. The topological polar surface area (TPSA) is 44.7 Å². The summed E-state index contributed by atoms with van der Waals surface area (Å²) in [6.07, 6.45) is 3.15. The first-order valence-electron chi connectivity index (χ1n) is 9.90. The van der Waals surface area contributed by atoms with Gasteiger partial charge in [0.15, 0.2) is 0 Å². The van der Waals surface area contributed by atoms with Crippen LogP contribution in [0.3, 0.4) is 0 Å². The van der Waals surface area contributed by atoms with Crippen molar-refractivity contribution in [2.45, 2.75) is 43.7 Å². The SMILES string of the molecule is COc1ccc(CCN[C@H]2[C@H]3Cc4ccc(O)cc4[C@]2(C)CCN3C)cc1. The molecule has 1 fully saturated rings. The van der Waals surface area contributed by atoms with E-state index >= 15 is 0 Å². The number of phenolic OH excluding ortho intramolecular Hbond substituents is 1. The zero-order valence-corrected chi connectivity index (χ0v) is 16.5. The highest BCUT2D eigenvalue weighted by Gasteiger charge is 2.49. The predicted octanol–water partition coefficient (Wildman–Crippen LogP) is 3.12. The molecular weight excluding hydrogens is 336 g/mol. The molecule has 4 nitrogen and oxygen atoms in total. The molecule has 27 heavy (non-hydrogen) atoms. The second-order valence-electron chi connectivity index (χ2n) is 8.29. The van der Waals surface area contributed by atoms with Crippen molar-refractivity contribution in [3.05, 3.63) is 59.2 Å². The van der Waals surface area contributed by atoms with E-state index in [0.29, 0.717) is 17.8 Å². The lowest BCUT2D eigenvalue weighted by Gasteiger charge is -2.55. The van der Waals surface area contributed by atoms with Crippen molar-refractivity contribution in [1.29, 1.82) is 0 Å². The van der Waals surface area contributed by atoms with Crippen LogP contribution in [0.4, 0.5) is 0 Å². The number of hydrogen-bond donors (Lipinski definition) is 2. The van der Waals surface area contributed by atoms with E-state index in [-0.39, 0.29) is 5.41 Å². The second-order valence-corrected chi connectivity index (χ2v) is 8.29. The van der Waals surface area contributed by atoms with Gasteiger partial charge in [-0.25, -0.2) is 0 Å². The van der Waals surface area contributed by atoms with Crippen molar-refractivity contribution in [3.63, 3.8) is 0 Å². The van der Waals surface area contributed by atoms with E-state index < -0.39 is 0 Å². The average molecular weight is 367 g/mol. The zero-order chi connectivity index (χ0) is 19.0. The third kappa shape index (κ3) is 3.32. The third-order valence-corrected chi connectivity index (χ3v) is 6.70. The van der Waals surface area contributed by atoms with Gasteiger partial charge in [-0.3, -0.25) is 0 Å². The molecule has 4 heteroatoms. The minimum Gasteiger partial charge on any atom is -0.508 e. The highest BCUT2D eigenvalue weighted by molar-refractivity contribution is 5.45. The fourth-order valence-electron chi connectivity index (χ4n) is 5.01. The van der Waals surface area contributed by atoms with Crippen LogP contribution in [-0.4, -0.2) is 49.3 Å². The van der Waals surface area contributed by atoms with E-state index in [1.807, 2.05) is 24.3 Å². The Morgan fingerprint density at radius 3 is 2.74 bits per heavy atom. The number of fused-ring (bicyclic) bond motifs is 4. The predicted molar refractivity (Wildman–Crippen MR) is 109 cm³/mol. The molecule has 0 amide bonds. The summed E-state index contributed by atoms with van der Waals surface area (Å²) in [5.41, 5.74) is 4.10. The van der Waals surface area contributed by atoms with Gasteiger partial charge in [0, 0.05) is 17.5 Å². The first kappa shape index (κ1) is 18.3. The number of methoxy groups -OCH3 is 1. The van der Waals surface area contributed by atoms with Crippen molar-refractivity contribution < 1.29 is 9.84 Å². The molecule has 0 unspecified atom stereocenters. The van der Waals surface area contributed by atoms with E-state index in [2.05, 4.69) is 42.4 Å². The Hall–Kier alpha value is -2.04. The maximum atomic E-state index is 10.1. The second kappa shape index (κ2) is 7.17. The van der Waals surface area contributed by atoms with Crippen LogP contribution in [0, 0.1) is 0 Å². The number of piperidine rings is 1. The number of rotatable bonds is 5. The van der Waals surface area contributed by atoms with E-state index in [9.17, 15) is 5.11 Å². The van der Waals surface area contributed by atoms with Crippen LogP contribution in [-0.2, 0) is 18.3 Å². The molecule has 0 saturated carbocycles. The molecule has 2 bridgehead atoms. The maximum Gasteiger partial charge on any atom is 0.118 e. The third-order valence-electron chi connectivity index (χ3n) is 6.70. The summed E-state index contributed by atoms with van der Waals surface area (Å²) in [6, 6.07) is 15.2. The molecule has 0 radical (unpaired) electrons. The van der Waals surface area contributed by atoms with Crippen molar-refractivity contribution >= 4 is 0 Å². The highest BCUT2D eigenvalue weighted by Crippen LogP contribution is 2.45. The minimum atomic E-state index is 0.0589. The van der Waals surface area contributed by atoms with E-state index in [1.54, 1.807) is 7.11 Å². The molecule has 1 saturated heterocycles. The number of phenols is 1. The quantitative estimate of drug-likeness (QED) is 0.853. The fraction of sp³-hybridized carbons (Fsp3) is 0.478. The van der Waals surface area contributed by atoms with Gasteiger partial charge in [0.05, 0.1) is 7.11 Å². The summed E-state index contributed by atoms with van der Waals surface area (Å²) in [5.74, 6) is 1.28. The van der Waals surface area contributed by atoms with Crippen molar-refractivity contribution in [1.82, 2.24) is 10.2 Å². The summed E-state index contributed by atoms with van der Waals surface area (Å²) in [4.78, 5) is 2.50. The average Bonchev–Trinajstić information content (AvgIpc) is 2.68. The van der Waals surface area contributed by atoms with Gasteiger partial charge in [-0.1, -0.05) is 25.1 Å². The molecule has 1 aliphatic heterocycles. The van der Waals surface area contributed by atoms with Crippen LogP contribution in [0.15, 0.2) is 42.5 Å². The van der Waals surface area contributed by atoms with E-state index in [0.717, 1.165) is 38.1 Å². The Labute approximate surface area is 162 Å². The maximum absolute atomic E-state index is 10.1. The van der Waals surface area contributed by atoms with Gasteiger partial charge in [0.1, 0.15) is 11.5 Å². The monoisotopic (exact) mass is 366 g/mol. The molecule has 4 rings (SSSR count). The number of hydrogen-bond acceptors (Lipinski definition) is 4. The Morgan fingerprint density at radius 1 is 1.22 bits per heavy atom. The lowest BCUT2D eigenvalue weighted by molar-refractivity contribution is 0.0663. The molecule has 0 spiro atoms. The molecule has 2 aromatic carbocycles. The molecule has 3 atom stereocenters. The first-order chi connectivity index (χ1) is 13.0. The standard InChI is InChI=1S/C23H30N2O2/c1-23-11-13-25(2)21(14-17-6-7-18(26)15-20(17)23)22(23)24-12-10-16-4-8-19(27-3)9-5-16/h4-9,15,21-22,24,26H,10-14H2,1-3H3/t21-,22+,23+/m1/s1. The lowest BCUT2D eigenvalue weighted by atomic mass is 9.61. The summed E-state index contributed by atoms with van der Waals surface area (Å²) >= 11 is 0. The molecule has 144 valence electrons. The summed E-state index contributed by atoms with van der Waals surface area (Å²) in [7, 11) is 3.94. The Bertz CT molecular complexity index is 805. The van der Waals surface area contributed by atoms with Crippen molar-refractivity contribution in [2.24, 2.45) is 0 Å². The number of ether oxygens (including phenoxy) is 1. The lowest BCUT2D eigenvalue weighted by Crippen LogP contribution is -2.66. The van der Waals surface area contributed by atoms with E-state index in [1.165, 1.54) is 16.7 Å². The molecule has 2 aromatic rings. The van der Waals surface area contributed by atoms with Crippen LogP contribution in [0.5, 0.6) is 11.5 Å². The summed E-state index contributed by atoms with van der Waals surface area (Å²) < 4.78 is 5.25. The van der Waals surface area contributed by atoms with Gasteiger partial charge in [0.25, 0.3) is 0 Å². The molecule has 2 aliphatic rings. The Kier molecular flexibility index (Phi) is 4.87. The minimum absolute atomic E-state index is 0.0589. The van der Waals surface area contributed by atoms with E-state index in [4.69, 9.17) is 4.74 Å². The van der Waals surface area contributed by atoms with Crippen LogP contribution >= 0.6 is 0 Å². The van der Waals surface area contributed by atoms with Crippen LogP contribution < -0.4 is 10.1 Å². The summed E-state index contributed by atoms with van der Waals surface area (Å²) in [5, 5.41) is 13.9. The van der Waals surface area contributed by atoms with Crippen molar-refractivity contribution in [3.8, 4) is 11.5 Å². The van der Waals surface area contributed by atoms with Gasteiger partial charge < -0.3 is 20.1 Å². The number of benzene rings is 2. The van der Waals surface area contributed by atoms with Gasteiger partial charge in [-0.2, -0.15) is 0 Å². The van der Waals surface area contributed by atoms with Crippen LogP contribution in [0.2, 0.25) is 0 Å². The van der Waals surface area contributed by atoms with Gasteiger partial charge in [-0.05, 0) is 80.4 Å². The smallest absolute Gasteiger partial charge is 0.118 e. The number of likely N-dealkylation sites (N-methyl/N-ethyl adjacent to an activating group) is 1. The van der Waals surface area contributed by atoms with Crippen LogP contribution in [0.25, 0.3) is 0 Å². The van der Waals surface area contributed by atoms with Crippen molar-refractivity contribution in [2.75, 3.05) is 27.2 Å². The molecular formula is C23H30N2O2. The Balaban J connectivity index is 1.52. The largest absolute Gasteiger partial charge is 0.508 e. The van der Waals surface area contributed by atoms with Gasteiger partial charge >= 0.3 is 0 Å². The first-order valence-corrected chi connectivity index (χ1v) is 9.90. The number of nitrogens with zero attached hydrogens (tertiary/aromatic N) is 1. The number of aromatic hydroxyl groups is 1. The highest BCUT2D eigenvalue weighted by atomic mass is 16.5. The van der Waals surface area contributed by atoms with Gasteiger partial charge in [0.2, 0.25) is 0 Å². The molecule has 2 N–H and O–H groups in total. The number of nitrogens with one attached hydrogen (secondary N) is 1. The molecule has 0 aromatic heterocycles. The summed E-state index contributed by atoms with van der Waals surface area (Å²) in [6.45, 7) is 4.42. The van der Waals surface area contributed by atoms with Crippen LogP contribution in [0.1, 0.15) is 30.0 Å². The molecule has 1 aliphatic carbocycles.